The quantitative estimate of drug-likeness (QED) is 0.277. The molecule has 0 saturated carbocycles. The number of fused-ring (bicyclic) bond motifs is 3. The number of carbonyl (C=O) groups is 2. The van der Waals surface area contributed by atoms with Crippen molar-refractivity contribution < 1.29 is 23.8 Å². The van der Waals surface area contributed by atoms with E-state index in [2.05, 4.69) is 35.5 Å². The topological polar surface area (TPSA) is 73.9 Å². The lowest BCUT2D eigenvalue weighted by molar-refractivity contribution is -0.154. The molecule has 0 heterocycles. The van der Waals surface area contributed by atoms with E-state index in [0.29, 0.717) is 5.75 Å². The molecule has 3 aromatic rings. The summed E-state index contributed by atoms with van der Waals surface area (Å²) in [6.07, 6.45) is 5.01. The molecule has 1 amide bonds. The van der Waals surface area contributed by atoms with Crippen molar-refractivity contribution in [3.63, 3.8) is 0 Å². The van der Waals surface area contributed by atoms with Crippen LogP contribution in [0.15, 0.2) is 72.8 Å². The zero-order valence-electron chi connectivity index (χ0n) is 23.1. The lowest BCUT2D eigenvalue weighted by Crippen LogP contribution is -2.46. The van der Waals surface area contributed by atoms with E-state index in [1.165, 1.54) is 0 Å². The van der Waals surface area contributed by atoms with Gasteiger partial charge in [0.25, 0.3) is 0 Å². The number of benzene rings is 3. The van der Waals surface area contributed by atoms with Crippen molar-refractivity contribution in [3.05, 3.63) is 89.5 Å². The van der Waals surface area contributed by atoms with Crippen LogP contribution in [-0.4, -0.2) is 35.9 Å². The molecule has 0 spiro atoms. The highest BCUT2D eigenvalue weighted by Gasteiger charge is 2.31. The van der Waals surface area contributed by atoms with Gasteiger partial charge in [0, 0.05) is 12.3 Å². The van der Waals surface area contributed by atoms with Gasteiger partial charge in [-0.1, -0.05) is 66.6 Å². The van der Waals surface area contributed by atoms with Crippen LogP contribution in [0.3, 0.4) is 0 Å². The lowest BCUT2D eigenvalue weighted by Gasteiger charge is -2.24. The SMILES string of the molecule is C#CC(C)(C)OC(=O)[C@H](Cc1ccc(OC(C)(C)C)cc1)NC(=O)OCC1c2ccccc2-c2ccccc21. The van der Waals surface area contributed by atoms with Crippen LogP contribution in [0.1, 0.15) is 57.2 Å². The highest BCUT2D eigenvalue weighted by molar-refractivity contribution is 5.82. The fraction of sp³-hybridized carbons (Fsp3) is 0.333. The molecule has 6 nitrogen and oxygen atoms in total. The maximum absolute atomic E-state index is 13.1. The summed E-state index contributed by atoms with van der Waals surface area (Å²) in [4.78, 5) is 26.1. The van der Waals surface area contributed by atoms with Crippen molar-refractivity contribution in [2.45, 2.75) is 64.2 Å². The number of carbonyl (C=O) groups excluding carboxylic acids is 2. The number of ether oxygens (including phenoxy) is 3. The molecule has 1 atom stereocenters. The van der Waals surface area contributed by atoms with E-state index in [-0.39, 0.29) is 24.5 Å². The second-order valence-electron chi connectivity index (χ2n) is 11.2. The van der Waals surface area contributed by atoms with E-state index in [9.17, 15) is 9.59 Å². The number of alkyl carbamates (subject to hydrolysis) is 1. The minimum atomic E-state index is -1.12. The highest BCUT2D eigenvalue weighted by atomic mass is 16.6. The first-order valence-electron chi connectivity index (χ1n) is 13.1. The summed E-state index contributed by atoms with van der Waals surface area (Å²) in [6.45, 7) is 9.29. The summed E-state index contributed by atoms with van der Waals surface area (Å²) in [5.74, 6) is 2.43. The van der Waals surface area contributed by atoms with Crippen molar-refractivity contribution >= 4 is 12.1 Å². The van der Waals surface area contributed by atoms with Crippen LogP contribution >= 0.6 is 0 Å². The maximum atomic E-state index is 13.1. The fourth-order valence-corrected chi connectivity index (χ4v) is 4.61. The first kappa shape index (κ1) is 27.8. The molecule has 0 saturated heterocycles. The van der Waals surface area contributed by atoms with Gasteiger partial charge in [0.1, 0.15) is 24.0 Å². The number of amides is 1. The molecular weight excluding hydrogens is 490 g/mol. The number of hydrogen-bond donors (Lipinski definition) is 1. The van der Waals surface area contributed by atoms with Gasteiger partial charge in [-0.15, -0.1) is 6.42 Å². The zero-order valence-corrected chi connectivity index (χ0v) is 23.1. The zero-order chi connectivity index (χ0) is 28.2. The molecule has 6 heteroatoms. The van der Waals surface area contributed by atoms with Crippen LogP contribution in [-0.2, 0) is 20.7 Å². The molecule has 0 bridgehead atoms. The first-order valence-corrected chi connectivity index (χ1v) is 13.1. The van der Waals surface area contributed by atoms with E-state index in [0.717, 1.165) is 27.8 Å². The van der Waals surface area contributed by atoms with Crippen molar-refractivity contribution in [3.8, 4) is 29.2 Å². The molecule has 202 valence electrons. The summed E-state index contributed by atoms with van der Waals surface area (Å²) in [7, 11) is 0. The Balaban J connectivity index is 1.47. The predicted octanol–water partition coefficient (Wildman–Crippen LogP) is 6.27. The van der Waals surface area contributed by atoms with Gasteiger partial charge >= 0.3 is 12.1 Å². The van der Waals surface area contributed by atoms with Crippen molar-refractivity contribution in [1.82, 2.24) is 5.32 Å². The molecule has 1 aliphatic rings. The molecule has 3 aromatic carbocycles. The Labute approximate surface area is 230 Å². The smallest absolute Gasteiger partial charge is 0.407 e. The van der Waals surface area contributed by atoms with Crippen molar-refractivity contribution in [2.75, 3.05) is 6.61 Å². The van der Waals surface area contributed by atoms with E-state index in [4.69, 9.17) is 20.6 Å². The van der Waals surface area contributed by atoms with Gasteiger partial charge in [0.05, 0.1) is 0 Å². The Morgan fingerprint density at radius 2 is 1.46 bits per heavy atom. The average molecular weight is 526 g/mol. The van der Waals surface area contributed by atoms with Crippen LogP contribution in [0.4, 0.5) is 4.79 Å². The molecule has 39 heavy (non-hydrogen) atoms. The Morgan fingerprint density at radius 1 is 0.897 bits per heavy atom. The number of terminal acetylenes is 1. The number of hydrogen-bond acceptors (Lipinski definition) is 5. The molecule has 1 aliphatic carbocycles. The average Bonchev–Trinajstić information content (AvgIpc) is 3.21. The number of nitrogens with one attached hydrogen (secondary N) is 1. The Kier molecular flexibility index (Phi) is 8.01. The standard InChI is InChI=1S/C33H35NO5/c1-7-33(5,6)39-30(35)29(20-22-16-18-23(19-17-22)38-32(2,3)4)34-31(36)37-21-28-26-14-10-8-12-24(26)25-13-9-11-15-27(25)28/h1,8-19,28-29H,20-21H2,2-6H3,(H,34,36)/t29-/m0/s1. The summed E-state index contributed by atoms with van der Waals surface area (Å²) in [5.41, 5.74) is 3.85. The Hall–Kier alpha value is -4.24. The largest absolute Gasteiger partial charge is 0.488 e. The molecule has 0 unspecified atom stereocenters. The Bertz CT molecular complexity index is 1330. The second kappa shape index (κ2) is 11.2. The molecule has 1 N–H and O–H groups in total. The van der Waals surface area contributed by atoms with Crippen LogP contribution < -0.4 is 10.1 Å². The third-order valence-electron chi connectivity index (χ3n) is 6.41. The first-order chi connectivity index (χ1) is 18.5. The van der Waals surface area contributed by atoms with Crippen LogP contribution in [0, 0.1) is 12.3 Å². The summed E-state index contributed by atoms with van der Waals surface area (Å²) in [5, 5.41) is 2.70. The van der Waals surface area contributed by atoms with Gasteiger partial charge in [-0.25, -0.2) is 9.59 Å². The van der Waals surface area contributed by atoms with Gasteiger partial charge in [-0.3, -0.25) is 0 Å². The Morgan fingerprint density at radius 3 is 2.00 bits per heavy atom. The van der Waals surface area contributed by atoms with Crippen LogP contribution in [0.5, 0.6) is 5.75 Å². The van der Waals surface area contributed by atoms with E-state index >= 15 is 0 Å². The van der Waals surface area contributed by atoms with Gasteiger partial charge in [-0.05, 0) is 74.6 Å². The predicted molar refractivity (Wildman–Crippen MR) is 152 cm³/mol. The van der Waals surface area contributed by atoms with Crippen molar-refractivity contribution in [2.24, 2.45) is 0 Å². The van der Waals surface area contributed by atoms with Gasteiger partial charge in [0.15, 0.2) is 5.60 Å². The van der Waals surface area contributed by atoms with Crippen molar-refractivity contribution in [1.29, 1.82) is 0 Å². The summed E-state index contributed by atoms with van der Waals surface area (Å²) >= 11 is 0. The minimum Gasteiger partial charge on any atom is -0.488 e. The summed E-state index contributed by atoms with van der Waals surface area (Å²) < 4.78 is 17.1. The molecule has 4 rings (SSSR count). The van der Waals surface area contributed by atoms with E-state index < -0.39 is 23.7 Å². The van der Waals surface area contributed by atoms with Gasteiger partial charge in [0.2, 0.25) is 0 Å². The highest BCUT2D eigenvalue weighted by Crippen LogP contribution is 2.44. The molecule has 0 aliphatic heterocycles. The van der Waals surface area contributed by atoms with Crippen LogP contribution in [0.25, 0.3) is 11.1 Å². The second-order valence-corrected chi connectivity index (χ2v) is 11.2. The molecule has 0 radical (unpaired) electrons. The number of esters is 1. The minimum absolute atomic E-state index is 0.0933. The monoisotopic (exact) mass is 525 g/mol. The third kappa shape index (κ3) is 7.00. The number of rotatable bonds is 8. The van der Waals surface area contributed by atoms with E-state index in [1.807, 2.05) is 69.3 Å². The fourth-order valence-electron chi connectivity index (χ4n) is 4.61. The van der Waals surface area contributed by atoms with Gasteiger partial charge in [-0.2, -0.15) is 0 Å². The molecule has 0 aromatic heterocycles. The van der Waals surface area contributed by atoms with Crippen LogP contribution in [0.2, 0.25) is 0 Å². The lowest BCUT2D eigenvalue weighted by atomic mass is 9.98. The molecular formula is C33H35NO5. The van der Waals surface area contributed by atoms with Gasteiger partial charge < -0.3 is 19.5 Å². The third-order valence-corrected chi connectivity index (χ3v) is 6.41. The normalized spacial score (nSPS) is 13.4. The summed E-state index contributed by atoms with van der Waals surface area (Å²) in [6, 6.07) is 22.6. The van der Waals surface area contributed by atoms with E-state index in [1.54, 1.807) is 13.8 Å². The maximum Gasteiger partial charge on any atom is 0.407 e. The molecule has 0 fully saturated rings.